The van der Waals surface area contributed by atoms with Crippen molar-refractivity contribution in [3.8, 4) is 5.75 Å². The van der Waals surface area contributed by atoms with Gasteiger partial charge in [0, 0.05) is 0 Å². The van der Waals surface area contributed by atoms with Crippen LogP contribution in [0.25, 0.3) is 11.0 Å². The predicted octanol–water partition coefficient (Wildman–Crippen LogP) is 3.40. The number of benzene rings is 2. The van der Waals surface area contributed by atoms with E-state index in [0.717, 1.165) is 27.9 Å². The van der Waals surface area contributed by atoms with E-state index in [2.05, 4.69) is 18.0 Å². The third-order valence-corrected chi connectivity index (χ3v) is 4.13. The van der Waals surface area contributed by atoms with Crippen LogP contribution in [0.5, 0.6) is 5.75 Å². The van der Waals surface area contributed by atoms with Gasteiger partial charge >= 0.3 is 0 Å². The van der Waals surface area contributed by atoms with Crippen LogP contribution in [0, 0.1) is 20.8 Å². The van der Waals surface area contributed by atoms with Gasteiger partial charge in [0.2, 0.25) is 0 Å². The van der Waals surface area contributed by atoms with Gasteiger partial charge in [-0.2, -0.15) is 0 Å². The molecule has 120 valence electrons. The van der Waals surface area contributed by atoms with Gasteiger partial charge in [0.25, 0.3) is 0 Å². The molecule has 23 heavy (non-hydrogen) atoms. The molecule has 0 aliphatic heterocycles. The lowest BCUT2D eigenvalue weighted by molar-refractivity contribution is 0.0930. The third-order valence-electron chi connectivity index (χ3n) is 4.13. The maximum Gasteiger partial charge on any atom is 0.122 e. The average molecular weight is 310 g/mol. The second-order valence-corrected chi connectivity index (χ2v) is 6.06. The number of aliphatic hydroxyl groups is 1. The van der Waals surface area contributed by atoms with Crippen molar-refractivity contribution in [2.75, 3.05) is 6.61 Å². The Labute approximate surface area is 136 Å². The molecule has 0 aliphatic rings. The molecule has 0 aliphatic carbocycles. The molecule has 1 aromatic heterocycles. The van der Waals surface area contributed by atoms with Crippen LogP contribution in [0.1, 0.15) is 16.7 Å². The van der Waals surface area contributed by atoms with E-state index >= 15 is 0 Å². The summed E-state index contributed by atoms with van der Waals surface area (Å²) < 4.78 is 7.79. The predicted molar refractivity (Wildman–Crippen MR) is 91.9 cm³/mol. The summed E-state index contributed by atoms with van der Waals surface area (Å²) in [4.78, 5) is 4.34. The van der Waals surface area contributed by atoms with Crippen molar-refractivity contribution in [2.24, 2.45) is 0 Å². The number of hydrogen-bond donors (Lipinski definition) is 1. The summed E-state index contributed by atoms with van der Waals surface area (Å²) in [6.07, 6.45) is 1.17. The van der Waals surface area contributed by atoms with Gasteiger partial charge < -0.3 is 14.4 Å². The Kier molecular flexibility index (Phi) is 4.35. The van der Waals surface area contributed by atoms with E-state index in [9.17, 15) is 5.11 Å². The van der Waals surface area contributed by atoms with Crippen LogP contribution in [-0.2, 0) is 6.54 Å². The van der Waals surface area contributed by atoms with E-state index < -0.39 is 6.10 Å². The Morgan fingerprint density at radius 1 is 1.17 bits per heavy atom. The summed E-state index contributed by atoms with van der Waals surface area (Å²) in [5.41, 5.74) is 5.45. The Morgan fingerprint density at radius 2 is 1.96 bits per heavy atom. The number of ether oxygens (including phenoxy) is 1. The minimum atomic E-state index is -0.590. The van der Waals surface area contributed by atoms with Gasteiger partial charge in [-0.05, 0) is 55.7 Å². The fourth-order valence-corrected chi connectivity index (χ4v) is 2.77. The molecule has 0 bridgehead atoms. The molecule has 4 heteroatoms. The Morgan fingerprint density at radius 3 is 2.78 bits per heavy atom. The van der Waals surface area contributed by atoms with Crippen molar-refractivity contribution >= 4 is 11.0 Å². The summed E-state index contributed by atoms with van der Waals surface area (Å²) in [5.74, 6) is 0.844. The molecule has 0 radical (unpaired) electrons. The third kappa shape index (κ3) is 3.37. The normalized spacial score (nSPS) is 12.5. The van der Waals surface area contributed by atoms with Gasteiger partial charge in [-0.15, -0.1) is 0 Å². The van der Waals surface area contributed by atoms with Gasteiger partial charge in [0.05, 0.1) is 23.9 Å². The summed E-state index contributed by atoms with van der Waals surface area (Å²) in [7, 11) is 0. The molecule has 0 saturated heterocycles. The van der Waals surface area contributed by atoms with Crippen molar-refractivity contribution < 1.29 is 9.84 Å². The molecule has 0 spiro atoms. The lowest BCUT2D eigenvalue weighted by Crippen LogP contribution is -2.23. The van der Waals surface area contributed by atoms with Crippen LogP contribution in [0.4, 0.5) is 0 Å². The number of imidazole rings is 1. The van der Waals surface area contributed by atoms with Crippen molar-refractivity contribution in [1.29, 1.82) is 0 Å². The highest BCUT2D eigenvalue weighted by Gasteiger charge is 2.11. The molecule has 0 fully saturated rings. The van der Waals surface area contributed by atoms with Gasteiger partial charge in [-0.25, -0.2) is 4.98 Å². The molecule has 1 atom stereocenters. The lowest BCUT2D eigenvalue weighted by Gasteiger charge is -2.16. The molecule has 2 aromatic carbocycles. The van der Waals surface area contributed by atoms with Crippen molar-refractivity contribution in [3.63, 3.8) is 0 Å². The number of aryl methyl sites for hydroxylation is 2. The fourth-order valence-electron chi connectivity index (χ4n) is 2.77. The number of aromatic nitrogens is 2. The molecule has 0 saturated carbocycles. The highest BCUT2D eigenvalue weighted by atomic mass is 16.5. The first kappa shape index (κ1) is 15.6. The number of fused-ring (bicyclic) bond motifs is 1. The topological polar surface area (TPSA) is 47.3 Å². The van der Waals surface area contributed by atoms with Crippen LogP contribution < -0.4 is 4.74 Å². The quantitative estimate of drug-likeness (QED) is 0.785. The molecule has 3 aromatic rings. The average Bonchev–Trinajstić information content (AvgIpc) is 2.93. The second kappa shape index (κ2) is 6.42. The first-order chi connectivity index (χ1) is 11.0. The zero-order valence-corrected chi connectivity index (χ0v) is 13.8. The SMILES string of the molecule is Cc1cc(C)c(C)c(OC[C@@H](O)Cn2cnc3ccccc32)c1. The monoisotopic (exact) mass is 310 g/mol. The van der Waals surface area contributed by atoms with E-state index in [-0.39, 0.29) is 6.61 Å². The number of hydrogen-bond acceptors (Lipinski definition) is 3. The summed E-state index contributed by atoms with van der Waals surface area (Å²) in [6, 6.07) is 12.1. The number of nitrogens with zero attached hydrogens (tertiary/aromatic N) is 2. The number of rotatable bonds is 5. The van der Waals surface area contributed by atoms with E-state index in [4.69, 9.17) is 4.74 Å². The first-order valence-electron chi connectivity index (χ1n) is 7.83. The molecule has 0 unspecified atom stereocenters. The highest BCUT2D eigenvalue weighted by Crippen LogP contribution is 2.23. The molecule has 3 rings (SSSR count). The minimum absolute atomic E-state index is 0.260. The Balaban J connectivity index is 1.67. The Hall–Kier alpha value is -2.33. The molecular formula is C19H22N2O2. The second-order valence-electron chi connectivity index (χ2n) is 6.06. The molecule has 0 amide bonds. The van der Waals surface area contributed by atoms with Crippen molar-refractivity contribution in [2.45, 2.75) is 33.4 Å². The van der Waals surface area contributed by atoms with Crippen LogP contribution in [-0.4, -0.2) is 27.4 Å². The number of aliphatic hydroxyl groups excluding tert-OH is 1. The lowest BCUT2D eigenvalue weighted by atomic mass is 10.1. The van der Waals surface area contributed by atoms with Crippen LogP contribution in [0.3, 0.4) is 0 Å². The Bertz CT molecular complexity index is 823. The molecular weight excluding hydrogens is 288 g/mol. The molecule has 4 nitrogen and oxygen atoms in total. The summed E-state index contributed by atoms with van der Waals surface area (Å²) in [5, 5.41) is 10.3. The van der Waals surface area contributed by atoms with Gasteiger partial charge in [-0.3, -0.25) is 0 Å². The van der Waals surface area contributed by atoms with Crippen LogP contribution >= 0.6 is 0 Å². The summed E-state index contributed by atoms with van der Waals surface area (Å²) in [6.45, 7) is 6.89. The van der Waals surface area contributed by atoms with Crippen LogP contribution in [0.15, 0.2) is 42.7 Å². The van der Waals surface area contributed by atoms with Crippen LogP contribution in [0.2, 0.25) is 0 Å². The maximum atomic E-state index is 10.3. The zero-order chi connectivity index (χ0) is 16.4. The van der Waals surface area contributed by atoms with E-state index in [0.29, 0.717) is 6.54 Å². The fraction of sp³-hybridized carbons (Fsp3) is 0.316. The van der Waals surface area contributed by atoms with Crippen molar-refractivity contribution in [1.82, 2.24) is 9.55 Å². The molecule has 1 N–H and O–H groups in total. The maximum absolute atomic E-state index is 10.3. The van der Waals surface area contributed by atoms with E-state index in [1.807, 2.05) is 48.7 Å². The standard InChI is InChI=1S/C19H22N2O2/c1-13-8-14(2)15(3)19(9-13)23-11-16(22)10-21-12-20-17-6-4-5-7-18(17)21/h4-9,12,16,22H,10-11H2,1-3H3/t16-/m0/s1. The smallest absolute Gasteiger partial charge is 0.122 e. The summed E-state index contributed by atoms with van der Waals surface area (Å²) >= 11 is 0. The van der Waals surface area contributed by atoms with Gasteiger partial charge in [0.15, 0.2) is 0 Å². The molecule has 1 heterocycles. The first-order valence-corrected chi connectivity index (χ1v) is 7.83. The highest BCUT2D eigenvalue weighted by molar-refractivity contribution is 5.74. The minimum Gasteiger partial charge on any atom is -0.491 e. The van der Waals surface area contributed by atoms with E-state index in [1.54, 1.807) is 6.33 Å². The van der Waals surface area contributed by atoms with Gasteiger partial charge in [-0.1, -0.05) is 18.2 Å². The van der Waals surface area contributed by atoms with Crippen molar-refractivity contribution in [3.05, 3.63) is 59.4 Å². The largest absolute Gasteiger partial charge is 0.491 e. The van der Waals surface area contributed by atoms with E-state index in [1.165, 1.54) is 5.56 Å². The van der Waals surface area contributed by atoms with Gasteiger partial charge in [0.1, 0.15) is 18.5 Å². The number of para-hydroxylation sites is 2. The zero-order valence-electron chi connectivity index (χ0n) is 13.8.